The summed E-state index contributed by atoms with van der Waals surface area (Å²) in [5.74, 6) is -0.282. The Kier molecular flexibility index (Phi) is 6.54. The van der Waals surface area contributed by atoms with Gasteiger partial charge in [0.2, 0.25) is 0 Å². The quantitative estimate of drug-likeness (QED) is 0.586. The molecule has 4 heteroatoms. The van der Waals surface area contributed by atoms with Crippen LogP contribution in [0.15, 0.2) is 0 Å². The fourth-order valence-electron chi connectivity index (χ4n) is 0.900. The highest BCUT2D eigenvalue weighted by molar-refractivity contribution is 5.66. The van der Waals surface area contributed by atoms with Crippen LogP contribution in [-0.2, 0) is 19.0 Å². The molecule has 0 aliphatic rings. The first-order valence-corrected chi connectivity index (χ1v) is 4.34. The Morgan fingerprint density at radius 3 is 2.31 bits per heavy atom. The van der Waals surface area contributed by atoms with Crippen LogP contribution in [-0.4, -0.2) is 38.5 Å². The molecule has 0 spiro atoms. The molecule has 0 aromatic carbocycles. The van der Waals surface area contributed by atoms with E-state index in [4.69, 9.17) is 14.2 Å². The molecule has 2 atom stereocenters. The summed E-state index contributed by atoms with van der Waals surface area (Å²) in [4.78, 5) is 10.5. The van der Waals surface area contributed by atoms with Gasteiger partial charge in [-0.05, 0) is 13.8 Å². The van der Waals surface area contributed by atoms with Crippen LogP contribution in [0.3, 0.4) is 0 Å². The third-order valence-electron chi connectivity index (χ3n) is 1.38. The van der Waals surface area contributed by atoms with Crippen molar-refractivity contribution >= 4 is 5.97 Å². The fourth-order valence-corrected chi connectivity index (χ4v) is 0.900. The molecule has 13 heavy (non-hydrogen) atoms. The minimum atomic E-state index is -0.282. The lowest BCUT2D eigenvalue weighted by molar-refractivity contribution is -0.149. The Labute approximate surface area is 79.2 Å². The second kappa shape index (κ2) is 6.86. The third kappa shape index (κ3) is 7.74. The smallest absolute Gasteiger partial charge is 0.302 e. The summed E-state index contributed by atoms with van der Waals surface area (Å²) >= 11 is 0. The van der Waals surface area contributed by atoms with E-state index in [9.17, 15) is 4.79 Å². The minimum Gasteiger partial charge on any atom is -0.460 e. The van der Waals surface area contributed by atoms with Crippen LogP contribution >= 0.6 is 0 Å². The number of rotatable bonds is 6. The standard InChI is InChI=1S/C9H18O4/c1-7(5-11-4)12-6-8(2)13-9(3)10/h7-8H,5-6H2,1-4H3/t7-,8+/m1/s1. The highest BCUT2D eigenvalue weighted by atomic mass is 16.6. The van der Waals surface area contributed by atoms with Gasteiger partial charge in [0.1, 0.15) is 6.10 Å². The van der Waals surface area contributed by atoms with Gasteiger partial charge in [0.05, 0.1) is 19.3 Å². The normalized spacial score (nSPS) is 15.1. The predicted molar refractivity (Wildman–Crippen MR) is 48.5 cm³/mol. The van der Waals surface area contributed by atoms with Gasteiger partial charge in [-0.3, -0.25) is 4.79 Å². The lowest BCUT2D eigenvalue weighted by Crippen LogP contribution is -2.24. The summed E-state index contributed by atoms with van der Waals surface area (Å²) in [6, 6.07) is 0. The number of carbonyl (C=O) groups is 1. The number of carbonyl (C=O) groups excluding carboxylic acids is 1. The zero-order valence-electron chi connectivity index (χ0n) is 8.70. The Bertz CT molecular complexity index is 147. The van der Waals surface area contributed by atoms with Crippen molar-refractivity contribution in [3.63, 3.8) is 0 Å². The molecular weight excluding hydrogens is 172 g/mol. The van der Waals surface area contributed by atoms with Crippen LogP contribution in [0.4, 0.5) is 0 Å². The van der Waals surface area contributed by atoms with Gasteiger partial charge in [-0.1, -0.05) is 0 Å². The van der Waals surface area contributed by atoms with Crippen LogP contribution in [0.1, 0.15) is 20.8 Å². The summed E-state index contributed by atoms with van der Waals surface area (Å²) < 4.78 is 15.1. The molecule has 0 saturated heterocycles. The van der Waals surface area contributed by atoms with Crippen molar-refractivity contribution in [3.05, 3.63) is 0 Å². The van der Waals surface area contributed by atoms with E-state index in [1.54, 1.807) is 14.0 Å². The molecule has 4 nitrogen and oxygen atoms in total. The molecule has 0 fully saturated rings. The molecule has 0 aliphatic carbocycles. The summed E-state index contributed by atoms with van der Waals surface area (Å²) in [7, 11) is 1.62. The van der Waals surface area contributed by atoms with E-state index in [0.29, 0.717) is 13.2 Å². The van der Waals surface area contributed by atoms with E-state index in [-0.39, 0.29) is 18.2 Å². The molecule has 0 bridgehead atoms. The van der Waals surface area contributed by atoms with Crippen molar-refractivity contribution in [2.24, 2.45) is 0 Å². The second-order valence-corrected chi connectivity index (χ2v) is 3.02. The van der Waals surface area contributed by atoms with Gasteiger partial charge < -0.3 is 14.2 Å². The highest BCUT2D eigenvalue weighted by Crippen LogP contribution is 1.97. The number of ether oxygens (including phenoxy) is 3. The molecule has 0 rings (SSSR count). The Hall–Kier alpha value is -0.610. The summed E-state index contributed by atoms with van der Waals surface area (Å²) in [6.45, 7) is 6.04. The molecule has 0 aliphatic heterocycles. The molecule has 0 amide bonds. The molecule has 0 aromatic heterocycles. The zero-order valence-corrected chi connectivity index (χ0v) is 8.70. The maximum atomic E-state index is 10.5. The Morgan fingerprint density at radius 2 is 1.85 bits per heavy atom. The third-order valence-corrected chi connectivity index (χ3v) is 1.38. The topological polar surface area (TPSA) is 44.8 Å². The number of hydrogen-bond donors (Lipinski definition) is 0. The zero-order chi connectivity index (χ0) is 10.3. The van der Waals surface area contributed by atoms with Crippen LogP contribution in [0.25, 0.3) is 0 Å². The van der Waals surface area contributed by atoms with E-state index < -0.39 is 0 Å². The maximum Gasteiger partial charge on any atom is 0.302 e. The molecule has 0 heterocycles. The first-order chi connectivity index (χ1) is 6.06. The number of methoxy groups -OCH3 is 1. The van der Waals surface area contributed by atoms with E-state index >= 15 is 0 Å². The Morgan fingerprint density at radius 1 is 1.23 bits per heavy atom. The second-order valence-electron chi connectivity index (χ2n) is 3.02. The van der Waals surface area contributed by atoms with Gasteiger partial charge in [0.15, 0.2) is 0 Å². The van der Waals surface area contributed by atoms with Gasteiger partial charge in [-0.25, -0.2) is 0 Å². The van der Waals surface area contributed by atoms with Crippen molar-refractivity contribution in [1.82, 2.24) is 0 Å². The average molecular weight is 190 g/mol. The molecule has 0 saturated carbocycles. The average Bonchev–Trinajstić information content (AvgIpc) is 2.00. The van der Waals surface area contributed by atoms with Crippen molar-refractivity contribution in [2.45, 2.75) is 33.0 Å². The van der Waals surface area contributed by atoms with E-state index in [0.717, 1.165) is 0 Å². The molecule has 0 N–H and O–H groups in total. The summed E-state index contributed by atoms with van der Waals surface area (Å²) in [5, 5.41) is 0. The summed E-state index contributed by atoms with van der Waals surface area (Å²) in [5.41, 5.74) is 0. The van der Waals surface area contributed by atoms with Crippen LogP contribution in [0, 0.1) is 0 Å². The fraction of sp³-hybridized carbons (Fsp3) is 0.889. The minimum absolute atomic E-state index is 0.0306. The molecular formula is C9H18O4. The maximum absolute atomic E-state index is 10.5. The van der Waals surface area contributed by atoms with Crippen molar-refractivity contribution in [1.29, 1.82) is 0 Å². The van der Waals surface area contributed by atoms with E-state index in [2.05, 4.69) is 0 Å². The first-order valence-electron chi connectivity index (χ1n) is 4.34. The van der Waals surface area contributed by atoms with E-state index in [1.807, 2.05) is 6.92 Å². The van der Waals surface area contributed by atoms with Gasteiger partial charge >= 0.3 is 5.97 Å². The van der Waals surface area contributed by atoms with Crippen LogP contribution in [0.2, 0.25) is 0 Å². The van der Waals surface area contributed by atoms with Crippen LogP contribution < -0.4 is 0 Å². The molecule has 0 unspecified atom stereocenters. The van der Waals surface area contributed by atoms with Gasteiger partial charge in [0, 0.05) is 14.0 Å². The summed E-state index contributed by atoms with van der Waals surface area (Å²) in [6.07, 6.45) is -0.167. The molecule has 0 aromatic rings. The lowest BCUT2D eigenvalue weighted by atomic mass is 10.4. The lowest BCUT2D eigenvalue weighted by Gasteiger charge is -2.16. The van der Waals surface area contributed by atoms with Gasteiger partial charge in [0.25, 0.3) is 0 Å². The predicted octanol–water partition coefficient (Wildman–Crippen LogP) is 0.990. The van der Waals surface area contributed by atoms with Crippen LogP contribution in [0.5, 0.6) is 0 Å². The van der Waals surface area contributed by atoms with Crippen molar-refractivity contribution < 1.29 is 19.0 Å². The number of hydrogen-bond acceptors (Lipinski definition) is 4. The monoisotopic (exact) mass is 190 g/mol. The molecule has 78 valence electrons. The highest BCUT2D eigenvalue weighted by Gasteiger charge is 2.08. The van der Waals surface area contributed by atoms with Crippen molar-refractivity contribution in [2.75, 3.05) is 20.3 Å². The first kappa shape index (κ1) is 12.4. The van der Waals surface area contributed by atoms with E-state index in [1.165, 1.54) is 6.92 Å². The largest absolute Gasteiger partial charge is 0.460 e. The van der Waals surface area contributed by atoms with Gasteiger partial charge in [-0.2, -0.15) is 0 Å². The SMILES string of the molecule is COC[C@@H](C)OC[C@H](C)OC(C)=O. The van der Waals surface area contributed by atoms with Gasteiger partial charge in [-0.15, -0.1) is 0 Å². The molecule has 0 radical (unpaired) electrons. The number of esters is 1. The van der Waals surface area contributed by atoms with Crippen molar-refractivity contribution in [3.8, 4) is 0 Å². The Balaban J connectivity index is 3.45.